The van der Waals surface area contributed by atoms with E-state index in [1.54, 1.807) is 12.1 Å². The van der Waals surface area contributed by atoms with Crippen LogP contribution in [0.1, 0.15) is 12.5 Å². The Kier molecular flexibility index (Phi) is 4.72. The molecule has 0 spiro atoms. The molecular formula is C11H17N3O2. The standard InChI is InChI=1S/C11H17N3O2/c1-3-12-6-7-13-11-5-4-10(14(15)16)8-9(11)2/h4-5,8,12-13H,3,6-7H2,1-2H3. The molecule has 0 amide bonds. The van der Waals surface area contributed by atoms with Gasteiger partial charge in [0.1, 0.15) is 0 Å². The molecule has 88 valence electrons. The van der Waals surface area contributed by atoms with Crippen LogP contribution in [-0.2, 0) is 0 Å². The van der Waals surface area contributed by atoms with Gasteiger partial charge in [-0.05, 0) is 25.1 Å². The maximum atomic E-state index is 10.5. The molecule has 0 atom stereocenters. The van der Waals surface area contributed by atoms with Gasteiger partial charge in [-0.25, -0.2) is 0 Å². The lowest BCUT2D eigenvalue weighted by atomic mass is 10.2. The molecule has 1 rings (SSSR count). The molecule has 0 aliphatic carbocycles. The Morgan fingerprint density at radius 3 is 2.69 bits per heavy atom. The Labute approximate surface area is 95.0 Å². The summed E-state index contributed by atoms with van der Waals surface area (Å²) in [5.41, 5.74) is 1.98. The van der Waals surface area contributed by atoms with E-state index in [0.29, 0.717) is 0 Å². The van der Waals surface area contributed by atoms with Crippen molar-refractivity contribution < 1.29 is 4.92 Å². The number of nitrogens with zero attached hydrogens (tertiary/aromatic N) is 1. The van der Waals surface area contributed by atoms with Crippen LogP contribution in [0, 0.1) is 17.0 Å². The van der Waals surface area contributed by atoms with Crippen LogP contribution in [0.5, 0.6) is 0 Å². The molecule has 0 bridgehead atoms. The molecule has 0 aliphatic heterocycles. The molecule has 0 saturated heterocycles. The Morgan fingerprint density at radius 2 is 2.12 bits per heavy atom. The van der Waals surface area contributed by atoms with Crippen LogP contribution in [0.25, 0.3) is 0 Å². The summed E-state index contributed by atoms with van der Waals surface area (Å²) in [6, 6.07) is 4.84. The first-order valence-electron chi connectivity index (χ1n) is 5.34. The highest BCUT2D eigenvalue weighted by Crippen LogP contribution is 2.20. The SMILES string of the molecule is CCNCCNc1ccc([N+](=O)[O-])cc1C. The van der Waals surface area contributed by atoms with Gasteiger partial charge in [-0.3, -0.25) is 10.1 Å². The maximum absolute atomic E-state index is 10.5. The maximum Gasteiger partial charge on any atom is 0.269 e. The highest BCUT2D eigenvalue weighted by Gasteiger charge is 2.07. The van der Waals surface area contributed by atoms with Crippen molar-refractivity contribution in [1.82, 2.24) is 5.32 Å². The summed E-state index contributed by atoms with van der Waals surface area (Å²) in [7, 11) is 0. The van der Waals surface area contributed by atoms with E-state index in [1.807, 2.05) is 6.92 Å². The Morgan fingerprint density at radius 1 is 1.38 bits per heavy atom. The van der Waals surface area contributed by atoms with Gasteiger partial charge in [-0.1, -0.05) is 6.92 Å². The average molecular weight is 223 g/mol. The largest absolute Gasteiger partial charge is 0.384 e. The van der Waals surface area contributed by atoms with E-state index in [1.165, 1.54) is 6.07 Å². The van der Waals surface area contributed by atoms with Crippen LogP contribution in [0.4, 0.5) is 11.4 Å². The van der Waals surface area contributed by atoms with Crippen molar-refractivity contribution in [3.05, 3.63) is 33.9 Å². The van der Waals surface area contributed by atoms with Gasteiger partial charge in [0.25, 0.3) is 5.69 Å². The quantitative estimate of drug-likeness (QED) is 0.439. The van der Waals surface area contributed by atoms with Crippen molar-refractivity contribution in [2.75, 3.05) is 25.0 Å². The van der Waals surface area contributed by atoms with E-state index in [-0.39, 0.29) is 10.6 Å². The second kappa shape index (κ2) is 6.07. The molecule has 16 heavy (non-hydrogen) atoms. The number of nitro benzene ring substituents is 1. The number of nitrogens with one attached hydrogen (secondary N) is 2. The minimum Gasteiger partial charge on any atom is -0.384 e. The summed E-state index contributed by atoms with van der Waals surface area (Å²) in [4.78, 5) is 10.2. The number of likely N-dealkylation sites (N-methyl/N-ethyl adjacent to an activating group) is 1. The van der Waals surface area contributed by atoms with Crippen molar-refractivity contribution in [2.45, 2.75) is 13.8 Å². The van der Waals surface area contributed by atoms with Gasteiger partial charge in [0, 0.05) is 30.9 Å². The summed E-state index contributed by atoms with van der Waals surface area (Å²) < 4.78 is 0. The number of anilines is 1. The molecule has 0 aliphatic rings. The number of benzene rings is 1. The lowest BCUT2D eigenvalue weighted by Crippen LogP contribution is -2.21. The van der Waals surface area contributed by atoms with E-state index in [4.69, 9.17) is 0 Å². The van der Waals surface area contributed by atoms with Crippen LogP contribution in [0.3, 0.4) is 0 Å². The summed E-state index contributed by atoms with van der Waals surface area (Å²) >= 11 is 0. The molecule has 0 unspecified atom stereocenters. The predicted octanol–water partition coefficient (Wildman–Crippen LogP) is 1.92. The number of hydrogen-bond donors (Lipinski definition) is 2. The number of nitro groups is 1. The molecular weight excluding hydrogens is 206 g/mol. The first kappa shape index (κ1) is 12.4. The van der Waals surface area contributed by atoms with E-state index in [0.717, 1.165) is 30.9 Å². The first-order valence-corrected chi connectivity index (χ1v) is 5.34. The van der Waals surface area contributed by atoms with Crippen LogP contribution in [0.2, 0.25) is 0 Å². The number of hydrogen-bond acceptors (Lipinski definition) is 4. The number of rotatable bonds is 6. The third-order valence-electron chi connectivity index (χ3n) is 2.29. The smallest absolute Gasteiger partial charge is 0.269 e. The Balaban J connectivity index is 2.57. The van der Waals surface area contributed by atoms with Crippen molar-refractivity contribution >= 4 is 11.4 Å². The zero-order valence-electron chi connectivity index (χ0n) is 9.62. The van der Waals surface area contributed by atoms with E-state index < -0.39 is 0 Å². The van der Waals surface area contributed by atoms with Crippen LogP contribution >= 0.6 is 0 Å². The van der Waals surface area contributed by atoms with Crippen LogP contribution < -0.4 is 10.6 Å². The fraction of sp³-hybridized carbons (Fsp3) is 0.455. The van der Waals surface area contributed by atoms with Gasteiger partial charge in [-0.15, -0.1) is 0 Å². The molecule has 5 heteroatoms. The van der Waals surface area contributed by atoms with Crippen molar-refractivity contribution in [3.63, 3.8) is 0 Å². The van der Waals surface area contributed by atoms with Gasteiger partial charge < -0.3 is 10.6 Å². The lowest BCUT2D eigenvalue weighted by molar-refractivity contribution is -0.384. The Hall–Kier alpha value is -1.62. The number of non-ortho nitro benzene ring substituents is 1. The zero-order chi connectivity index (χ0) is 12.0. The molecule has 0 saturated carbocycles. The fourth-order valence-electron chi connectivity index (χ4n) is 1.42. The van der Waals surface area contributed by atoms with Gasteiger partial charge >= 0.3 is 0 Å². The highest BCUT2D eigenvalue weighted by atomic mass is 16.6. The second-order valence-corrected chi connectivity index (χ2v) is 3.54. The molecule has 0 heterocycles. The average Bonchev–Trinajstić information content (AvgIpc) is 2.26. The Bertz CT molecular complexity index is 366. The number of aryl methyl sites for hydroxylation is 1. The van der Waals surface area contributed by atoms with Gasteiger partial charge in [-0.2, -0.15) is 0 Å². The lowest BCUT2D eigenvalue weighted by Gasteiger charge is -2.09. The third-order valence-corrected chi connectivity index (χ3v) is 2.29. The van der Waals surface area contributed by atoms with Gasteiger partial charge in [0.05, 0.1) is 4.92 Å². The minimum absolute atomic E-state index is 0.134. The monoisotopic (exact) mass is 223 g/mol. The molecule has 0 radical (unpaired) electrons. The normalized spacial score (nSPS) is 10.1. The van der Waals surface area contributed by atoms with E-state index >= 15 is 0 Å². The highest BCUT2D eigenvalue weighted by molar-refractivity contribution is 5.55. The molecule has 1 aromatic carbocycles. The predicted molar refractivity (Wildman–Crippen MR) is 64.9 cm³/mol. The molecule has 2 N–H and O–H groups in total. The van der Waals surface area contributed by atoms with Gasteiger partial charge in [0.2, 0.25) is 0 Å². The molecule has 1 aromatic rings. The van der Waals surface area contributed by atoms with Crippen molar-refractivity contribution in [3.8, 4) is 0 Å². The van der Waals surface area contributed by atoms with E-state index in [2.05, 4.69) is 17.6 Å². The first-order chi connectivity index (χ1) is 7.65. The summed E-state index contributed by atoms with van der Waals surface area (Å²) in [6.07, 6.45) is 0. The molecule has 0 aromatic heterocycles. The summed E-state index contributed by atoms with van der Waals surface area (Å²) in [6.45, 7) is 6.56. The molecule has 0 fully saturated rings. The fourth-order valence-corrected chi connectivity index (χ4v) is 1.42. The summed E-state index contributed by atoms with van der Waals surface area (Å²) in [5.74, 6) is 0. The topological polar surface area (TPSA) is 67.2 Å². The van der Waals surface area contributed by atoms with Gasteiger partial charge in [0.15, 0.2) is 0 Å². The minimum atomic E-state index is -0.380. The summed E-state index contributed by atoms with van der Waals surface area (Å²) in [5, 5.41) is 17.0. The van der Waals surface area contributed by atoms with Crippen molar-refractivity contribution in [1.29, 1.82) is 0 Å². The van der Waals surface area contributed by atoms with Crippen LogP contribution in [-0.4, -0.2) is 24.6 Å². The van der Waals surface area contributed by atoms with Crippen LogP contribution in [0.15, 0.2) is 18.2 Å². The third kappa shape index (κ3) is 3.51. The second-order valence-electron chi connectivity index (χ2n) is 3.54. The zero-order valence-corrected chi connectivity index (χ0v) is 9.62. The molecule has 5 nitrogen and oxygen atoms in total. The van der Waals surface area contributed by atoms with Crippen molar-refractivity contribution in [2.24, 2.45) is 0 Å². The van der Waals surface area contributed by atoms with E-state index in [9.17, 15) is 10.1 Å².